The number of nitrogens with zero attached hydrogens (tertiary/aromatic N) is 2. The van der Waals surface area contributed by atoms with Gasteiger partial charge in [-0.1, -0.05) is 13.3 Å². The molecule has 0 saturated heterocycles. The molecule has 1 saturated carbocycles. The second kappa shape index (κ2) is 5.86. The fourth-order valence-corrected chi connectivity index (χ4v) is 2.52. The number of aromatic nitrogens is 1. The van der Waals surface area contributed by atoms with Gasteiger partial charge in [0, 0.05) is 12.6 Å². The molecular weight excluding hydrogens is 244 g/mol. The molecule has 2 rings (SSSR count). The van der Waals surface area contributed by atoms with E-state index in [-0.39, 0.29) is 10.6 Å². The van der Waals surface area contributed by atoms with Gasteiger partial charge in [0.05, 0.1) is 17.1 Å². The molecule has 6 nitrogen and oxygen atoms in total. The largest absolute Gasteiger partial charge is 0.370 e. The van der Waals surface area contributed by atoms with E-state index in [0.717, 1.165) is 6.42 Å². The minimum Gasteiger partial charge on any atom is -0.370 e. The first-order chi connectivity index (χ1) is 9.10. The molecule has 0 spiro atoms. The highest BCUT2D eigenvalue weighted by atomic mass is 16.6. The standard InChI is InChI=1S/C13H20N4O2/c1-3-14-12-7-10(17(18)19)8-13(16-12)15-11-6-4-5-9(11)2/h7-9,11H,3-6H2,1-2H3,(H2,14,15,16). The number of hydrogen-bond donors (Lipinski definition) is 2. The minimum absolute atomic E-state index is 0.0686. The van der Waals surface area contributed by atoms with Crippen LogP contribution in [0.25, 0.3) is 0 Å². The molecule has 2 unspecified atom stereocenters. The first-order valence-electron chi connectivity index (χ1n) is 6.77. The van der Waals surface area contributed by atoms with Crippen molar-refractivity contribution >= 4 is 17.3 Å². The number of nitrogens with one attached hydrogen (secondary N) is 2. The Balaban J connectivity index is 2.20. The summed E-state index contributed by atoms with van der Waals surface area (Å²) in [7, 11) is 0. The van der Waals surface area contributed by atoms with Crippen molar-refractivity contribution in [2.75, 3.05) is 17.2 Å². The van der Waals surface area contributed by atoms with E-state index in [0.29, 0.717) is 30.1 Å². The van der Waals surface area contributed by atoms with Gasteiger partial charge in [-0.05, 0) is 25.7 Å². The van der Waals surface area contributed by atoms with Gasteiger partial charge in [-0.15, -0.1) is 0 Å². The Morgan fingerprint density at radius 3 is 2.74 bits per heavy atom. The third kappa shape index (κ3) is 3.33. The molecule has 6 heteroatoms. The van der Waals surface area contributed by atoms with Crippen LogP contribution < -0.4 is 10.6 Å². The van der Waals surface area contributed by atoms with Crippen LogP contribution in [0.2, 0.25) is 0 Å². The van der Waals surface area contributed by atoms with Crippen molar-refractivity contribution in [3.8, 4) is 0 Å². The molecule has 1 aromatic heterocycles. The summed E-state index contributed by atoms with van der Waals surface area (Å²) in [5.74, 6) is 1.72. The summed E-state index contributed by atoms with van der Waals surface area (Å²) in [5, 5.41) is 17.3. The van der Waals surface area contributed by atoms with Crippen molar-refractivity contribution in [1.82, 2.24) is 4.98 Å². The Labute approximate surface area is 112 Å². The Morgan fingerprint density at radius 1 is 1.42 bits per heavy atom. The van der Waals surface area contributed by atoms with Crippen molar-refractivity contribution in [2.24, 2.45) is 5.92 Å². The van der Waals surface area contributed by atoms with E-state index in [4.69, 9.17) is 0 Å². The molecule has 0 aliphatic heterocycles. The monoisotopic (exact) mass is 264 g/mol. The maximum atomic E-state index is 10.9. The molecule has 1 aliphatic rings. The van der Waals surface area contributed by atoms with Crippen LogP contribution in [-0.2, 0) is 0 Å². The summed E-state index contributed by atoms with van der Waals surface area (Å²) in [4.78, 5) is 14.9. The second-order valence-electron chi connectivity index (χ2n) is 5.04. The number of anilines is 2. The highest BCUT2D eigenvalue weighted by molar-refractivity contribution is 5.55. The van der Waals surface area contributed by atoms with Gasteiger partial charge in [-0.2, -0.15) is 0 Å². The summed E-state index contributed by atoms with van der Waals surface area (Å²) >= 11 is 0. The van der Waals surface area contributed by atoms with Crippen LogP contribution in [0.4, 0.5) is 17.3 Å². The lowest BCUT2D eigenvalue weighted by molar-refractivity contribution is -0.384. The van der Waals surface area contributed by atoms with Crippen molar-refractivity contribution in [3.05, 3.63) is 22.2 Å². The molecular formula is C13H20N4O2. The van der Waals surface area contributed by atoms with Gasteiger partial charge in [-0.25, -0.2) is 4.98 Å². The third-order valence-corrected chi connectivity index (χ3v) is 3.57. The zero-order chi connectivity index (χ0) is 13.8. The molecule has 1 heterocycles. The van der Waals surface area contributed by atoms with Crippen LogP contribution in [0, 0.1) is 16.0 Å². The van der Waals surface area contributed by atoms with Crippen LogP contribution in [0.15, 0.2) is 12.1 Å². The van der Waals surface area contributed by atoms with Crippen molar-refractivity contribution < 1.29 is 4.92 Å². The maximum absolute atomic E-state index is 10.9. The summed E-state index contributed by atoms with van der Waals surface area (Å²) in [5.41, 5.74) is 0.0686. The number of rotatable bonds is 5. The fourth-order valence-electron chi connectivity index (χ4n) is 2.52. The molecule has 1 aliphatic carbocycles. The second-order valence-corrected chi connectivity index (χ2v) is 5.04. The van der Waals surface area contributed by atoms with E-state index in [9.17, 15) is 10.1 Å². The first kappa shape index (κ1) is 13.6. The van der Waals surface area contributed by atoms with Gasteiger partial charge in [-0.3, -0.25) is 10.1 Å². The predicted octanol–water partition coefficient (Wildman–Crippen LogP) is 3.02. The maximum Gasteiger partial charge on any atom is 0.276 e. The highest BCUT2D eigenvalue weighted by Crippen LogP contribution is 2.29. The summed E-state index contributed by atoms with van der Waals surface area (Å²) in [6.45, 7) is 4.83. The Kier molecular flexibility index (Phi) is 4.19. The fraction of sp³-hybridized carbons (Fsp3) is 0.615. The van der Waals surface area contributed by atoms with Gasteiger partial charge in [0.2, 0.25) is 0 Å². The van der Waals surface area contributed by atoms with Crippen molar-refractivity contribution in [3.63, 3.8) is 0 Å². The number of nitro groups is 1. The molecule has 0 bridgehead atoms. The van der Waals surface area contributed by atoms with Crippen molar-refractivity contribution in [1.29, 1.82) is 0 Å². The predicted molar refractivity (Wildman–Crippen MR) is 75.5 cm³/mol. The molecule has 19 heavy (non-hydrogen) atoms. The minimum atomic E-state index is -0.383. The molecule has 1 fully saturated rings. The van der Waals surface area contributed by atoms with Crippen LogP contribution in [0.3, 0.4) is 0 Å². The topological polar surface area (TPSA) is 80.1 Å². The molecule has 2 N–H and O–H groups in total. The lowest BCUT2D eigenvalue weighted by atomic mass is 10.1. The van der Waals surface area contributed by atoms with Gasteiger partial charge < -0.3 is 10.6 Å². The average Bonchev–Trinajstić information content (AvgIpc) is 2.75. The van der Waals surface area contributed by atoms with E-state index in [1.807, 2.05) is 6.92 Å². The van der Waals surface area contributed by atoms with Crippen molar-refractivity contribution in [2.45, 2.75) is 39.2 Å². The van der Waals surface area contributed by atoms with Gasteiger partial charge in [0.15, 0.2) is 0 Å². The lowest BCUT2D eigenvalue weighted by Gasteiger charge is -2.18. The lowest BCUT2D eigenvalue weighted by Crippen LogP contribution is -2.22. The van der Waals surface area contributed by atoms with E-state index in [2.05, 4.69) is 22.5 Å². The van der Waals surface area contributed by atoms with Gasteiger partial charge >= 0.3 is 0 Å². The molecule has 0 amide bonds. The average molecular weight is 264 g/mol. The third-order valence-electron chi connectivity index (χ3n) is 3.57. The molecule has 0 radical (unpaired) electrons. The van der Waals surface area contributed by atoms with Crippen LogP contribution in [0.5, 0.6) is 0 Å². The van der Waals surface area contributed by atoms with E-state index in [1.165, 1.54) is 25.0 Å². The smallest absolute Gasteiger partial charge is 0.276 e. The van der Waals surface area contributed by atoms with Crippen LogP contribution in [0.1, 0.15) is 33.1 Å². The Bertz CT molecular complexity index is 464. The molecule has 0 aromatic carbocycles. The number of pyridine rings is 1. The molecule has 104 valence electrons. The van der Waals surface area contributed by atoms with Crippen LogP contribution in [-0.4, -0.2) is 22.5 Å². The zero-order valence-electron chi connectivity index (χ0n) is 11.3. The Morgan fingerprint density at radius 2 is 2.16 bits per heavy atom. The van der Waals surface area contributed by atoms with E-state index < -0.39 is 0 Å². The van der Waals surface area contributed by atoms with E-state index in [1.54, 1.807) is 0 Å². The quantitative estimate of drug-likeness (QED) is 0.631. The summed E-state index contributed by atoms with van der Waals surface area (Å²) in [6, 6.07) is 3.34. The highest BCUT2D eigenvalue weighted by Gasteiger charge is 2.24. The van der Waals surface area contributed by atoms with Gasteiger partial charge in [0.1, 0.15) is 11.6 Å². The summed E-state index contributed by atoms with van der Waals surface area (Å²) in [6.07, 6.45) is 3.50. The molecule has 2 atom stereocenters. The Hall–Kier alpha value is -1.85. The number of hydrogen-bond acceptors (Lipinski definition) is 5. The zero-order valence-corrected chi connectivity index (χ0v) is 11.3. The van der Waals surface area contributed by atoms with Crippen LogP contribution >= 0.6 is 0 Å². The van der Waals surface area contributed by atoms with Gasteiger partial charge in [0.25, 0.3) is 5.69 Å². The molecule has 1 aromatic rings. The van der Waals surface area contributed by atoms with E-state index >= 15 is 0 Å². The SMILES string of the molecule is CCNc1cc([N+](=O)[O-])cc(NC2CCCC2C)n1. The first-order valence-corrected chi connectivity index (χ1v) is 6.77. The summed E-state index contributed by atoms with van der Waals surface area (Å²) < 4.78 is 0. The normalized spacial score (nSPS) is 22.2.